The normalized spacial score (nSPS) is 15.1. The maximum Gasteiger partial charge on any atom is 0.471 e. The van der Waals surface area contributed by atoms with Gasteiger partial charge in [-0.2, -0.15) is 13.2 Å². The monoisotopic (exact) mass is 502 g/mol. The third-order valence-corrected chi connectivity index (χ3v) is 5.45. The van der Waals surface area contributed by atoms with Gasteiger partial charge in [-0.15, -0.1) is 0 Å². The number of aliphatic hydroxyl groups excluding tert-OH is 2. The largest absolute Gasteiger partial charge is 0.471 e. The molecule has 0 spiro atoms. The zero-order chi connectivity index (χ0) is 25.1. The first-order chi connectivity index (χ1) is 14.4. The molecule has 0 aliphatic carbocycles. The molecular weight excluding hydrogens is 476 g/mol. The summed E-state index contributed by atoms with van der Waals surface area (Å²) >= 11 is 12.1. The highest BCUT2D eigenvalue weighted by Gasteiger charge is 2.49. The van der Waals surface area contributed by atoms with Crippen molar-refractivity contribution < 1.29 is 38.1 Å². The maximum atomic E-state index is 13.1. The molecule has 0 aromatic heterocycles. The first-order valence-electron chi connectivity index (χ1n) is 9.52. The fourth-order valence-electron chi connectivity index (χ4n) is 3.42. The van der Waals surface area contributed by atoms with Crippen LogP contribution in [0.25, 0.3) is 0 Å². The van der Waals surface area contributed by atoms with Crippen molar-refractivity contribution in [1.29, 1.82) is 0 Å². The van der Waals surface area contributed by atoms with Crippen molar-refractivity contribution in [3.8, 4) is 0 Å². The number of alkyl halides is 3. The Labute approximate surface area is 194 Å². The van der Waals surface area contributed by atoms with Crippen molar-refractivity contribution >= 4 is 35.2 Å². The molecule has 0 radical (unpaired) electrons. The minimum atomic E-state index is -5.20. The molecule has 7 nitrogen and oxygen atoms in total. The van der Waals surface area contributed by atoms with Gasteiger partial charge in [-0.3, -0.25) is 9.69 Å². The van der Waals surface area contributed by atoms with Gasteiger partial charge in [-0.1, -0.05) is 50.0 Å². The smallest absolute Gasteiger partial charge is 0.465 e. The Balaban J connectivity index is 3.85. The van der Waals surface area contributed by atoms with Crippen LogP contribution in [0.2, 0.25) is 10.0 Å². The molecule has 2 amide bonds. The molecule has 0 heterocycles. The molecule has 1 aromatic rings. The van der Waals surface area contributed by atoms with Crippen molar-refractivity contribution in [2.24, 2.45) is 5.41 Å². The second-order valence-electron chi connectivity index (χ2n) is 8.79. The van der Waals surface area contributed by atoms with Gasteiger partial charge in [0.05, 0.1) is 28.3 Å². The minimum Gasteiger partial charge on any atom is -0.465 e. The fourth-order valence-corrected chi connectivity index (χ4v) is 3.72. The van der Waals surface area contributed by atoms with Crippen LogP contribution in [0.15, 0.2) is 18.2 Å². The van der Waals surface area contributed by atoms with Crippen LogP contribution in [-0.2, 0) is 10.3 Å². The molecule has 0 bridgehead atoms. The number of carboxylic acid groups (broad SMARTS) is 1. The number of halogens is 5. The van der Waals surface area contributed by atoms with Crippen molar-refractivity contribution in [2.75, 3.05) is 26.7 Å². The first-order valence-corrected chi connectivity index (χ1v) is 10.3. The third-order valence-electron chi connectivity index (χ3n) is 4.71. The molecule has 2 atom stereocenters. The Hall–Kier alpha value is -1.75. The lowest BCUT2D eigenvalue weighted by Gasteiger charge is -2.48. The Kier molecular flexibility index (Phi) is 9.24. The van der Waals surface area contributed by atoms with Crippen LogP contribution < -0.4 is 0 Å². The number of carbonyl (C=O) groups excluding carboxylic acids is 1. The molecule has 32 heavy (non-hydrogen) atoms. The summed E-state index contributed by atoms with van der Waals surface area (Å²) in [5.74, 6) is -2.19. The number of aliphatic hydroxyl groups is 2. The molecule has 0 aliphatic heterocycles. The van der Waals surface area contributed by atoms with E-state index in [0.717, 1.165) is 11.9 Å². The molecular formula is C20H27Cl2F3N2O5. The van der Waals surface area contributed by atoms with Crippen LogP contribution in [0.5, 0.6) is 0 Å². The molecule has 0 aliphatic rings. The van der Waals surface area contributed by atoms with Crippen LogP contribution in [-0.4, -0.2) is 76.1 Å². The van der Waals surface area contributed by atoms with E-state index in [1.807, 2.05) is 0 Å². The molecule has 12 heteroatoms. The van der Waals surface area contributed by atoms with Crippen molar-refractivity contribution in [2.45, 2.75) is 45.0 Å². The molecule has 3 N–H and O–H groups in total. The van der Waals surface area contributed by atoms with Crippen molar-refractivity contribution in [3.05, 3.63) is 33.8 Å². The Morgan fingerprint density at radius 2 is 1.66 bits per heavy atom. The fraction of sp³-hybridized carbons (Fsp3) is 0.600. The number of benzene rings is 1. The average molecular weight is 503 g/mol. The lowest BCUT2D eigenvalue weighted by atomic mass is 9.80. The number of amides is 2. The number of nitrogens with zero attached hydrogens (tertiary/aromatic N) is 2. The number of rotatable bonds is 8. The van der Waals surface area contributed by atoms with Gasteiger partial charge in [-0.05, 0) is 23.1 Å². The van der Waals surface area contributed by atoms with Crippen LogP contribution in [0.3, 0.4) is 0 Å². The summed E-state index contributed by atoms with van der Waals surface area (Å²) in [6.45, 7) is 3.42. The zero-order valence-corrected chi connectivity index (χ0v) is 19.6. The highest BCUT2D eigenvalue weighted by Crippen LogP contribution is 2.40. The summed E-state index contributed by atoms with van der Waals surface area (Å²) in [6.07, 6.45) is -8.73. The van der Waals surface area contributed by atoms with E-state index >= 15 is 0 Å². The first kappa shape index (κ1) is 28.3. The lowest BCUT2D eigenvalue weighted by Crippen LogP contribution is -2.59. The van der Waals surface area contributed by atoms with Gasteiger partial charge in [0.15, 0.2) is 0 Å². The van der Waals surface area contributed by atoms with Crippen LogP contribution in [0.1, 0.15) is 32.8 Å². The number of carbonyl (C=O) groups is 2. The summed E-state index contributed by atoms with van der Waals surface area (Å²) in [6, 6.07) is 3.98. The molecule has 2 unspecified atom stereocenters. The highest BCUT2D eigenvalue weighted by atomic mass is 35.5. The summed E-state index contributed by atoms with van der Waals surface area (Å²) in [5.41, 5.74) is -2.45. The average Bonchev–Trinajstić information content (AvgIpc) is 2.65. The SMILES string of the molecule is CN(CC(CC(O)CO)(c1ccc(Cl)c(Cl)c1)N(CC(C)(C)C)C(=O)O)C(=O)C(F)(F)F. The van der Waals surface area contributed by atoms with E-state index in [-0.39, 0.29) is 22.2 Å². The summed E-state index contributed by atoms with van der Waals surface area (Å²) < 4.78 is 39.3. The summed E-state index contributed by atoms with van der Waals surface area (Å²) in [4.78, 5) is 25.5. The predicted molar refractivity (Wildman–Crippen MR) is 114 cm³/mol. The lowest BCUT2D eigenvalue weighted by molar-refractivity contribution is -0.186. The van der Waals surface area contributed by atoms with Gasteiger partial charge in [0.1, 0.15) is 0 Å². The van der Waals surface area contributed by atoms with Crippen LogP contribution in [0.4, 0.5) is 18.0 Å². The number of hydrogen-bond acceptors (Lipinski definition) is 4. The van der Waals surface area contributed by atoms with E-state index in [1.165, 1.54) is 18.2 Å². The van der Waals surface area contributed by atoms with Crippen molar-refractivity contribution in [3.63, 3.8) is 0 Å². The van der Waals surface area contributed by atoms with Gasteiger partial charge in [0.2, 0.25) is 0 Å². The maximum absolute atomic E-state index is 13.1. The second kappa shape index (κ2) is 10.5. The standard InChI is InChI=1S/C20H27Cl2F3N2O5/c1-18(2,3)10-27(17(31)32)19(8-13(29)9-28,11-26(4)16(30)20(23,24)25)12-5-6-14(21)15(22)7-12/h5-7,13,28-29H,8-11H2,1-4H3,(H,31,32). The third kappa shape index (κ3) is 7.13. The molecule has 182 valence electrons. The van der Waals surface area contributed by atoms with E-state index in [1.54, 1.807) is 20.8 Å². The van der Waals surface area contributed by atoms with E-state index in [9.17, 15) is 38.1 Å². The topological polar surface area (TPSA) is 101 Å². The van der Waals surface area contributed by atoms with Gasteiger partial charge in [-0.25, -0.2) is 4.79 Å². The van der Waals surface area contributed by atoms with Crippen LogP contribution in [0, 0.1) is 5.41 Å². The molecule has 1 aromatic carbocycles. The van der Waals surface area contributed by atoms with E-state index < -0.39 is 54.8 Å². The molecule has 0 saturated carbocycles. The number of likely N-dealkylation sites (N-methyl/N-ethyl adjacent to an activating group) is 1. The number of hydrogen-bond donors (Lipinski definition) is 3. The highest BCUT2D eigenvalue weighted by molar-refractivity contribution is 6.42. The summed E-state index contributed by atoms with van der Waals surface area (Å²) in [5, 5.41) is 29.9. The van der Waals surface area contributed by atoms with Gasteiger partial charge in [0, 0.05) is 26.6 Å². The predicted octanol–water partition coefficient (Wildman–Crippen LogP) is 3.98. The molecule has 0 fully saturated rings. The summed E-state index contributed by atoms with van der Waals surface area (Å²) in [7, 11) is 0.880. The zero-order valence-electron chi connectivity index (χ0n) is 18.1. The Morgan fingerprint density at radius 1 is 1.09 bits per heavy atom. The van der Waals surface area contributed by atoms with Crippen LogP contribution >= 0.6 is 23.2 Å². The quantitative estimate of drug-likeness (QED) is 0.499. The van der Waals surface area contributed by atoms with E-state index in [2.05, 4.69) is 0 Å². The van der Waals surface area contributed by atoms with E-state index in [0.29, 0.717) is 4.90 Å². The second-order valence-corrected chi connectivity index (χ2v) is 9.60. The Morgan fingerprint density at radius 3 is 2.06 bits per heavy atom. The van der Waals surface area contributed by atoms with Gasteiger partial charge >= 0.3 is 18.2 Å². The van der Waals surface area contributed by atoms with E-state index in [4.69, 9.17) is 23.2 Å². The Bertz CT molecular complexity index is 832. The van der Waals surface area contributed by atoms with Crippen molar-refractivity contribution in [1.82, 2.24) is 9.80 Å². The minimum absolute atomic E-state index is 0.00192. The van der Waals surface area contributed by atoms with Gasteiger partial charge < -0.3 is 20.2 Å². The molecule has 0 saturated heterocycles. The van der Waals surface area contributed by atoms with Gasteiger partial charge in [0.25, 0.3) is 0 Å². The molecule has 1 rings (SSSR count).